The van der Waals surface area contributed by atoms with E-state index in [9.17, 15) is 9.18 Å². The Balaban J connectivity index is 1.45. The van der Waals surface area contributed by atoms with E-state index in [0.717, 1.165) is 26.1 Å². The lowest BCUT2D eigenvalue weighted by Gasteiger charge is -2.04. The summed E-state index contributed by atoms with van der Waals surface area (Å²) in [5, 5.41) is 4.13. The molecule has 2 heterocycles. The van der Waals surface area contributed by atoms with Gasteiger partial charge in [-0.25, -0.2) is 4.39 Å². The monoisotopic (exact) mass is 367 g/mol. The van der Waals surface area contributed by atoms with Crippen LogP contribution in [0.2, 0.25) is 5.02 Å². The standard InChI is InChI=1S/C18H19ClFNO4/c19-14-3-2-13(16(20)7-14)10-24-11-15-8-17(21-25-15)18(22)4-1-12-5-6-23-9-12/h2-3,7-8,12H,1,4-6,9-11H2. The highest BCUT2D eigenvalue weighted by Crippen LogP contribution is 2.20. The minimum atomic E-state index is -0.420. The molecule has 0 bridgehead atoms. The molecule has 0 amide bonds. The number of benzene rings is 1. The van der Waals surface area contributed by atoms with E-state index in [0.29, 0.717) is 34.4 Å². The largest absolute Gasteiger partial charge is 0.381 e. The number of hydrogen-bond acceptors (Lipinski definition) is 5. The van der Waals surface area contributed by atoms with Crippen LogP contribution in [0.25, 0.3) is 0 Å². The second-order valence-electron chi connectivity index (χ2n) is 6.10. The molecule has 1 fully saturated rings. The molecule has 2 aromatic rings. The maximum Gasteiger partial charge on any atom is 0.184 e. The van der Waals surface area contributed by atoms with Crippen LogP contribution in [0.15, 0.2) is 28.8 Å². The minimum absolute atomic E-state index is 0.0503. The van der Waals surface area contributed by atoms with E-state index in [4.69, 9.17) is 25.6 Å². The molecular formula is C18H19ClFNO4. The third kappa shape index (κ3) is 5.11. The fourth-order valence-electron chi connectivity index (χ4n) is 2.69. The number of halogens is 2. The van der Waals surface area contributed by atoms with Crippen molar-refractivity contribution in [2.24, 2.45) is 5.92 Å². The van der Waals surface area contributed by atoms with Crippen molar-refractivity contribution in [3.63, 3.8) is 0 Å². The maximum absolute atomic E-state index is 13.6. The van der Waals surface area contributed by atoms with Gasteiger partial charge in [0.1, 0.15) is 18.1 Å². The van der Waals surface area contributed by atoms with E-state index in [1.807, 2.05) is 0 Å². The molecule has 7 heteroatoms. The van der Waals surface area contributed by atoms with Crippen LogP contribution in [0.3, 0.4) is 0 Å². The van der Waals surface area contributed by atoms with Crippen molar-refractivity contribution in [2.75, 3.05) is 13.2 Å². The average molecular weight is 368 g/mol. The van der Waals surface area contributed by atoms with Gasteiger partial charge in [-0.1, -0.05) is 22.8 Å². The number of rotatable bonds is 8. The zero-order chi connectivity index (χ0) is 17.6. The third-order valence-corrected chi connectivity index (χ3v) is 4.40. The van der Waals surface area contributed by atoms with Crippen molar-refractivity contribution in [2.45, 2.75) is 32.5 Å². The number of aromatic nitrogens is 1. The number of ether oxygens (including phenoxy) is 2. The van der Waals surface area contributed by atoms with Crippen molar-refractivity contribution in [1.29, 1.82) is 0 Å². The molecule has 0 radical (unpaired) electrons. The normalized spacial score (nSPS) is 17.1. The number of carbonyl (C=O) groups is 1. The fraction of sp³-hybridized carbons (Fsp3) is 0.444. The SMILES string of the molecule is O=C(CCC1CCOC1)c1cc(COCc2ccc(Cl)cc2F)on1. The number of Topliss-reactive ketones (excluding diaryl/α,β-unsaturated/α-hetero) is 1. The Labute approximate surface area is 150 Å². The Bertz CT molecular complexity index is 728. The number of nitrogens with zero attached hydrogens (tertiary/aromatic N) is 1. The molecule has 3 rings (SSSR count). The second kappa shape index (κ2) is 8.56. The van der Waals surface area contributed by atoms with Gasteiger partial charge in [0, 0.05) is 36.3 Å². The highest BCUT2D eigenvalue weighted by atomic mass is 35.5. The Kier molecular flexibility index (Phi) is 6.18. The molecule has 1 aromatic heterocycles. The molecule has 134 valence electrons. The van der Waals surface area contributed by atoms with E-state index in [2.05, 4.69) is 5.16 Å². The predicted molar refractivity (Wildman–Crippen MR) is 88.9 cm³/mol. The molecule has 1 aliphatic rings. The summed E-state index contributed by atoms with van der Waals surface area (Å²) in [6.45, 7) is 1.69. The van der Waals surface area contributed by atoms with Crippen LogP contribution in [0.4, 0.5) is 4.39 Å². The third-order valence-electron chi connectivity index (χ3n) is 4.17. The smallest absolute Gasteiger partial charge is 0.184 e. The molecule has 1 atom stereocenters. The van der Waals surface area contributed by atoms with E-state index >= 15 is 0 Å². The van der Waals surface area contributed by atoms with Gasteiger partial charge in [-0.3, -0.25) is 4.79 Å². The van der Waals surface area contributed by atoms with Crippen LogP contribution in [-0.4, -0.2) is 24.2 Å². The van der Waals surface area contributed by atoms with Gasteiger partial charge in [-0.15, -0.1) is 0 Å². The summed E-state index contributed by atoms with van der Waals surface area (Å²) in [5.74, 6) is 0.414. The molecule has 0 spiro atoms. The van der Waals surface area contributed by atoms with Gasteiger partial charge in [0.05, 0.1) is 6.61 Å². The van der Waals surface area contributed by atoms with Gasteiger partial charge in [0.2, 0.25) is 0 Å². The molecule has 1 saturated heterocycles. The lowest BCUT2D eigenvalue weighted by Crippen LogP contribution is -2.05. The highest BCUT2D eigenvalue weighted by molar-refractivity contribution is 6.30. The number of hydrogen-bond donors (Lipinski definition) is 0. The summed E-state index contributed by atoms with van der Waals surface area (Å²) in [6.07, 6.45) is 2.23. The molecule has 0 aliphatic carbocycles. The Hall–Kier alpha value is -1.76. The first-order valence-electron chi connectivity index (χ1n) is 8.20. The second-order valence-corrected chi connectivity index (χ2v) is 6.53. The lowest BCUT2D eigenvalue weighted by molar-refractivity contribution is 0.0860. The van der Waals surface area contributed by atoms with Crippen molar-refractivity contribution in [3.8, 4) is 0 Å². The van der Waals surface area contributed by atoms with Gasteiger partial charge < -0.3 is 14.0 Å². The first kappa shape index (κ1) is 18.0. The maximum atomic E-state index is 13.6. The van der Waals surface area contributed by atoms with Gasteiger partial charge >= 0.3 is 0 Å². The quantitative estimate of drug-likeness (QED) is 0.655. The van der Waals surface area contributed by atoms with Crippen molar-refractivity contribution < 1.29 is 23.2 Å². The Morgan fingerprint density at radius 1 is 1.36 bits per heavy atom. The van der Waals surface area contributed by atoms with Crippen LogP contribution in [0.5, 0.6) is 0 Å². The van der Waals surface area contributed by atoms with Gasteiger partial charge in [0.15, 0.2) is 11.5 Å². The first-order valence-corrected chi connectivity index (χ1v) is 8.58. The van der Waals surface area contributed by atoms with Crippen molar-refractivity contribution in [1.82, 2.24) is 5.16 Å². The fourth-order valence-corrected chi connectivity index (χ4v) is 2.85. The van der Waals surface area contributed by atoms with Gasteiger partial charge in [-0.2, -0.15) is 0 Å². The minimum Gasteiger partial charge on any atom is -0.381 e. The van der Waals surface area contributed by atoms with Crippen LogP contribution in [0, 0.1) is 11.7 Å². The molecule has 1 aromatic carbocycles. The summed E-state index contributed by atoms with van der Waals surface area (Å²) in [4.78, 5) is 12.1. The van der Waals surface area contributed by atoms with E-state index in [1.165, 1.54) is 6.07 Å². The summed E-state index contributed by atoms with van der Waals surface area (Å²) in [7, 11) is 0. The molecule has 0 saturated carbocycles. The van der Waals surface area contributed by atoms with Crippen LogP contribution in [0.1, 0.15) is 41.1 Å². The Morgan fingerprint density at radius 2 is 2.24 bits per heavy atom. The molecule has 1 aliphatic heterocycles. The van der Waals surface area contributed by atoms with E-state index in [1.54, 1.807) is 18.2 Å². The molecule has 25 heavy (non-hydrogen) atoms. The average Bonchev–Trinajstić information content (AvgIpc) is 3.26. The number of carbonyl (C=O) groups excluding carboxylic acids is 1. The van der Waals surface area contributed by atoms with Crippen LogP contribution < -0.4 is 0 Å². The first-order chi connectivity index (χ1) is 12.1. The van der Waals surface area contributed by atoms with E-state index in [-0.39, 0.29) is 19.0 Å². The topological polar surface area (TPSA) is 61.6 Å². The molecular weight excluding hydrogens is 349 g/mol. The summed E-state index contributed by atoms with van der Waals surface area (Å²) < 4.78 is 29.5. The van der Waals surface area contributed by atoms with Crippen molar-refractivity contribution >= 4 is 17.4 Å². The predicted octanol–water partition coefficient (Wildman–Crippen LogP) is 4.18. The lowest BCUT2D eigenvalue weighted by atomic mass is 10.00. The summed E-state index contributed by atoms with van der Waals surface area (Å²) >= 11 is 5.70. The van der Waals surface area contributed by atoms with Crippen molar-refractivity contribution in [3.05, 3.63) is 52.1 Å². The van der Waals surface area contributed by atoms with Gasteiger partial charge in [-0.05, 0) is 30.9 Å². The highest BCUT2D eigenvalue weighted by Gasteiger charge is 2.19. The summed E-state index contributed by atoms with van der Waals surface area (Å²) in [5.41, 5.74) is 0.703. The zero-order valence-corrected chi connectivity index (χ0v) is 14.4. The van der Waals surface area contributed by atoms with Crippen LogP contribution >= 0.6 is 11.6 Å². The van der Waals surface area contributed by atoms with Crippen LogP contribution in [-0.2, 0) is 22.7 Å². The molecule has 1 unspecified atom stereocenters. The molecule has 0 N–H and O–H groups in total. The molecule has 5 nitrogen and oxygen atoms in total. The summed E-state index contributed by atoms with van der Waals surface area (Å²) in [6, 6.07) is 5.98. The Morgan fingerprint density at radius 3 is 3.00 bits per heavy atom. The number of ketones is 1. The zero-order valence-electron chi connectivity index (χ0n) is 13.7. The van der Waals surface area contributed by atoms with E-state index < -0.39 is 5.82 Å². The van der Waals surface area contributed by atoms with Gasteiger partial charge in [0.25, 0.3) is 0 Å².